The molecule has 6 nitrogen and oxygen atoms in total. The van der Waals surface area contributed by atoms with Crippen LogP contribution in [0.1, 0.15) is 22.0 Å². The van der Waals surface area contributed by atoms with Gasteiger partial charge >= 0.3 is 0 Å². The first-order chi connectivity index (χ1) is 12.5. The van der Waals surface area contributed by atoms with Crippen molar-refractivity contribution in [1.29, 1.82) is 0 Å². The fraction of sp³-hybridized carbons (Fsp3) is 0.211. The number of aromatic nitrogens is 3. The summed E-state index contributed by atoms with van der Waals surface area (Å²) in [7, 11) is 3.80. The number of benzene rings is 2. The van der Waals surface area contributed by atoms with E-state index in [-0.39, 0.29) is 17.8 Å². The standard InChI is InChI=1S/C19H20FN5O/c1-24(2)18(15-4-3-5-16(20)10-15)11-21-19(26)14-6-8-17(9-7-14)25-12-22-23-13-25/h3-10,12-13,18H,11H2,1-2H3,(H,21,26)/t18-/m1/s1. The van der Waals surface area contributed by atoms with Crippen LogP contribution in [0.2, 0.25) is 0 Å². The topological polar surface area (TPSA) is 63.1 Å². The van der Waals surface area contributed by atoms with Gasteiger partial charge in [0.1, 0.15) is 18.5 Å². The number of carbonyl (C=O) groups excluding carboxylic acids is 1. The van der Waals surface area contributed by atoms with Crippen molar-refractivity contribution in [3.05, 3.63) is 78.1 Å². The van der Waals surface area contributed by atoms with E-state index in [1.54, 1.807) is 35.4 Å². The number of hydrogen-bond donors (Lipinski definition) is 1. The van der Waals surface area contributed by atoms with Gasteiger partial charge in [-0.15, -0.1) is 10.2 Å². The Morgan fingerprint density at radius 3 is 2.46 bits per heavy atom. The summed E-state index contributed by atoms with van der Waals surface area (Å²) < 4.78 is 15.2. The maximum Gasteiger partial charge on any atom is 0.251 e. The third kappa shape index (κ3) is 4.12. The average molecular weight is 353 g/mol. The minimum Gasteiger partial charge on any atom is -0.350 e. The number of rotatable bonds is 6. The molecular formula is C19H20FN5O. The number of carbonyl (C=O) groups is 1. The van der Waals surface area contributed by atoms with Crippen molar-refractivity contribution in [2.24, 2.45) is 0 Å². The van der Waals surface area contributed by atoms with E-state index in [2.05, 4.69) is 15.5 Å². The number of halogens is 1. The Balaban J connectivity index is 1.67. The molecule has 1 amide bonds. The number of likely N-dealkylation sites (N-methyl/N-ethyl adjacent to an activating group) is 1. The van der Waals surface area contributed by atoms with Crippen LogP contribution in [-0.2, 0) is 0 Å². The molecule has 3 rings (SSSR count). The van der Waals surface area contributed by atoms with E-state index < -0.39 is 0 Å². The maximum atomic E-state index is 13.5. The zero-order valence-corrected chi connectivity index (χ0v) is 14.6. The number of hydrogen-bond acceptors (Lipinski definition) is 4. The molecule has 2 aromatic carbocycles. The first-order valence-electron chi connectivity index (χ1n) is 8.20. The average Bonchev–Trinajstić information content (AvgIpc) is 3.16. The quantitative estimate of drug-likeness (QED) is 0.739. The van der Waals surface area contributed by atoms with Crippen LogP contribution in [0.25, 0.3) is 5.69 Å². The van der Waals surface area contributed by atoms with Crippen molar-refractivity contribution in [2.45, 2.75) is 6.04 Å². The van der Waals surface area contributed by atoms with E-state index >= 15 is 0 Å². The second-order valence-corrected chi connectivity index (χ2v) is 6.16. The highest BCUT2D eigenvalue weighted by molar-refractivity contribution is 5.94. The summed E-state index contributed by atoms with van der Waals surface area (Å²) in [6.07, 6.45) is 3.19. The lowest BCUT2D eigenvalue weighted by molar-refractivity contribution is 0.0942. The molecule has 0 aliphatic rings. The van der Waals surface area contributed by atoms with Gasteiger partial charge in [0, 0.05) is 17.8 Å². The van der Waals surface area contributed by atoms with Crippen LogP contribution in [0.4, 0.5) is 4.39 Å². The summed E-state index contributed by atoms with van der Waals surface area (Å²) in [6.45, 7) is 0.377. The maximum absolute atomic E-state index is 13.5. The van der Waals surface area contributed by atoms with Crippen LogP contribution in [0, 0.1) is 5.82 Å². The molecule has 1 aromatic heterocycles. The van der Waals surface area contributed by atoms with Crippen LogP contribution < -0.4 is 5.32 Å². The second-order valence-electron chi connectivity index (χ2n) is 6.16. The van der Waals surface area contributed by atoms with Crippen molar-refractivity contribution in [1.82, 2.24) is 25.0 Å². The van der Waals surface area contributed by atoms with E-state index in [0.717, 1.165) is 11.3 Å². The lowest BCUT2D eigenvalue weighted by atomic mass is 10.1. The molecular weight excluding hydrogens is 333 g/mol. The van der Waals surface area contributed by atoms with Crippen molar-refractivity contribution in [2.75, 3.05) is 20.6 Å². The first-order valence-corrected chi connectivity index (χ1v) is 8.20. The molecule has 0 saturated carbocycles. The smallest absolute Gasteiger partial charge is 0.251 e. The van der Waals surface area contributed by atoms with Gasteiger partial charge in [-0.3, -0.25) is 9.36 Å². The third-order valence-electron chi connectivity index (χ3n) is 4.16. The van der Waals surface area contributed by atoms with E-state index in [9.17, 15) is 9.18 Å². The van der Waals surface area contributed by atoms with Gasteiger partial charge in [0.05, 0.1) is 6.04 Å². The minimum atomic E-state index is -0.287. The summed E-state index contributed by atoms with van der Waals surface area (Å²) in [5, 5.41) is 10.4. The van der Waals surface area contributed by atoms with Crippen molar-refractivity contribution >= 4 is 5.91 Å². The number of nitrogens with zero attached hydrogens (tertiary/aromatic N) is 4. The molecule has 0 unspecified atom stereocenters. The van der Waals surface area contributed by atoms with Gasteiger partial charge < -0.3 is 10.2 Å². The summed E-state index contributed by atoms with van der Waals surface area (Å²) in [5.41, 5.74) is 2.24. The summed E-state index contributed by atoms with van der Waals surface area (Å²) in [4.78, 5) is 14.4. The van der Waals surface area contributed by atoms with Gasteiger partial charge in [0.15, 0.2) is 0 Å². The zero-order valence-electron chi connectivity index (χ0n) is 14.6. The Labute approximate surface area is 151 Å². The molecule has 0 aliphatic carbocycles. The van der Waals surface area contributed by atoms with Gasteiger partial charge in [0.2, 0.25) is 0 Å². The van der Waals surface area contributed by atoms with Crippen LogP contribution >= 0.6 is 0 Å². The Bertz CT molecular complexity index is 862. The summed E-state index contributed by atoms with van der Waals surface area (Å²) in [6, 6.07) is 13.5. The predicted molar refractivity (Wildman–Crippen MR) is 96.5 cm³/mol. The number of amides is 1. The molecule has 0 saturated heterocycles. The molecule has 3 aromatic rings. The Morgan fingerprint density at radius 1 is 1.15 bits per heavy atom. The molecule has 0 spiro atoms. The molecule has 1 atom stereocenters. The monoisotopic (exact) mass is 353 g/mol. The molecule has 134 valence electrons. The van der Waals surface area contributed by atoms with E-state index in [1.165, 1.54) is 12.1 Å². The van der Waals surface area contributed by atoms with E-state index in [0.29, 0.717) is 12.1 Å². The fourth-order valence-corrected chi connectivity index (χ4v) is 2.72. The lowest BCUT2D eigenvalue weighted by Crippen LogP contribution is -2.34. The van der Waals surface area contributed by atoms with Gasteiger partial charge in [-0.2, -0.15) is 0 Å². The summed E-state index contributed by atoms with van der Waals surface area (Å²) >= 11 is 0. The molecule has 0 radical (unpaired) electrons. The van der Waals surface area contributed by atoms with Gasteiger partial charge in [-0.1, -0.05) is 12.1 Å². The normalized spacial score (nSPS) is 12.2. The van der Waals surface area contributed by atoms with E-state index in [4.69, 9.17) is 0 Å². The molecule has 1 N–H and O–H groups in total. The Hall–Kier alpha value is -3.06. The van der Waals surface area contributed by atoms with Crippen molar-refractivity contribution < 1.29 is 9.18 Å². The van der Waals surface area contributed by atoms with Gasteiger partial charge in [-0.25, -0.2) is 4.39 Å². The minimum absolute atomic E-state index is 0.119. The molecule has 0 bridgehead atoms. The second kappa shape index (κ2) is 7.88. The highest BCUT2D eigenvalue weighted by Gasteiger charge is 2.16. The fourth-order valence-electron chi connectivity index (χ4n) is 2.72. The zero-order chi connectivity index (χ0) is 18.5. The first kappa shape index (κ1) is 17.8. The molecule has 7 heteroatoms. The third-order valence-corrected chi connectivity index (χ3v) is 4.16. The molecule has 0 aliphatic heterocycles. The largest absolute Gasteiger partial charge is 0.350 e. The Kier molecular flexibility index (Phi) is 5.38. The SMILES string of the molecule is CN(C)[C@H](CNC(=O)c1ccc(-n2cnnc2)cc1)c1cccc(F)c1. The van der Waals surface area contributed by atoms with Crippen LogP contribution in [0.5, 0.6) is 0 Å². The van der Waals surface area contributed by atoms with Crippen molar-refractivity contribution in [3.8, 4) is 5.69 Å². The predicted octanol–water partition coefficient (Wildman–Crippen LogP) is 2.44. The van der Waals surface area contributed by atoms with E-state index in [1.807, 2.05) is 37.2 Å². The van der Waals surface area contributed by atoms with Gasteiger partial charge in [-0.05, 0) is 56.1 Å². The lowest BCUT2D eigenvalue weighted by Gasteiger charge is -2.25. The van der Waals surface area contributed by atoms with Crippen LogP contribution in [-0.4, -0.2) is 46.2 Å². The van der Waals surface area contributed by atoms with Crippen molar-refractivity contribution in [3.63, 3.8) is 0 Å². The molecule has 26 heavy (non-hydrogen) atoms. The Morgan fingerprint density at radius 2 is 1.85 bits per heavy atom. The highest BCUT2D eigenvalue weighted by atomic mass is 19.1. The van der Waals surface area contributed by atoms with Gasteiger partial charge in [0.25, 0.3) is 5.91 Å². The molecule has 0 fully saturated rings. The summed E-state index contributed by atoms with van der Waals surface area (Å²) in [5.74, 6) is -0.464. The van der Waals surface area contributed by atoms with Crippen LogP contribution in [0.15, 0.2) is 61.2 Å². The molecule has 1 heterocycles. The van der Waals surface area contributed by atoms with Crippen LogP contribution in [0.3, 0.4) is 0 Å². The highest BCUT2D eigenvalue weighted by Crippen LogP contribution is 2.18. The number of nitrogens with one attached hydrogen (secondary N) is 1.